The molecule has 1 saturated heterocycles. The van der Waals surface area contributed by atoms with Crippen LogP contribution in [0.5, 0.6) is 0 Å². The number of hydrogen-bond acceptors (Lipinski definition) is 5. The van der Waals surface area contributed by atoms with Gasteiger partial charge in [-0.15, -0.1) is 11.3 Å². The normalized spacial score (nSPS) is 18.0. The van der Waals surface area contributed by atoms with E-state index in [2.05, 4.69) is 57.5 Å². The summed E-state index contributed by atoms with van der Waals surface area (Å²) in [6.45, 7) is 4.48. The number of likely N-dealkylation sites (N-methyl/N-ethyl adjacent to an activating group) is 1. The summed E-state index contributed by atoms with van der Waals surface area (Å²) in [6, 6.07) is 11.1. The Balaban J connectivity index is 1.59. The van der Waals surface area contributed by atoms with E-state index in [4.69, 9.17) is 0 Å². The zero-order valence-corrected chi connectivity index (χ0v) is 15.1. The van der Waals surface area contributed by atoms with Gasteiger partial charge in [-0.05, 0) is 32.0 Å². The number of hydrogen-bond donors (Lipinski definition) is 1. The van der Waals surface area contributed by atoms with Gasteiger partial charge in [0.2, 0.25) is 5.91 Å². The Morgan fingerprint density at radius 1 is 1.42 bits per heavy atom. The second-order valence-corrected chi connectivity index (χ2v) is 7.18. The van der Waals surface area contributed by atoms with E-state index in [0.29, 0.717) is 11.2 Å². The number of nitrogens with zero attached hydrogens (tertiary/aromatic N) is 3. The largest absolute Gasteiger partial charge is 0.370 e. The van der Waals surface area contributed by atoms with E-state index in [1.54, 1.807) is 0 Å². The molecule has 0 spiro atoms. The molecule has 128 valence electrons. The van der Waals surface area contributed by atoms with E-state index in [-0.39, 0.29) is 5.91 Å². The van der Waals surface area contributed by atoms with Gasteiger partial charge in [0.25, 0.3) is 0 Å². The summed E-state index contributed by atoms with van der Waals surface area (Å²) in [4.78, 5) is 20.4. The molecule has 24 heavy (non-hydrogen) atoms. The molecule has 1 aliphatic rings. The van der Waals surface area contributed by atoms with Gasteiger partial charge in [0.1, 0.15) is 0 Å². The highest BCUT2D eigenvalue weighted by molar-refractivity contribution is 7.13. The lowest BCUT2D eigenvalue weighted by molar-refractivity contribution is -0.114. The fraction of sp³-hybridized carbons (Fsp3) is 0.444. The third-order valence-corrected chi connectivity index (χ3v) is 5.19. The molecule has 3 rings (SSSR count). The maximum atomic E-state index is 11.1. The van der Waals surface area contributed by atoms with Crippen molar-refractivity contribution >= 4 is 28.1 Å². The summed E-state index contributed by atoms with van der Waals surface area (Å²) in [5, 5.41) is 5.46. The Hall–Kier alpha value is -1.92. The quantitative estimate of drug-likeness (QED) is 0.905. The van der Waals surface area contributed by atoms with Gasteiger partial charge in [0, 0.05) is 43.7 Å². The smallest absolute Gasteiger partial charge is 0.223 e. The van der Waals surface area contributed by atoms with Crippen LogP contribution in [0.25, 0.3) is 0 Å². The van der Waals surface area contributed by atoms with Crippen LogP contribution in [0.4, 0.5) is 10.8 Å². The molecule has 0 bridgehead atoms. The Morgan fingerprint density at radius 2 is 2.21 bits per heavy atom. The van der Waals surface area contributed by atoms with Gasteiger partial charge in [0.05, 0.1) is 5.69 Å². The van der Waals surface area contributed by atoms with Crippen LogP contribution in [-0.2, 0) is 11.3 Å². The lowest BCUT2D eigenvalue weighted by atomic mass is 10.0. The summed E-state index contributed by atoms with van der Waals surface area (Å²) in [6.07, 6.45) is 2.42. The number of piperidine rings is 1. The first-order valence-corrected chi connectivity index (χ1v) is 9.22. The monoisotopic (exact) mass is 344 g/mol. The number of aromatic nitrogens is 1. The third-order valence-electron chi connectivity index (χ3n) is 4.39. The van der Waals surface area contributed by atoms with Crippen molar-refractivity contribution < 1.29 is 4.79 Å². The molecule has 1 aromatic carbocycles. The molecule has 1 N–H and O–H groups in total. The summed E-state index contributed by atoms with van der Waals surface area (Å²) < 4.78 is 0. The van der Waals surface area contributed by atoms with Crippen molar-refractivity contribution in [2.45, 2.75) is 32.4 Å². The SMILES string of the molecule is CC(=O)Nc1nc(CN(C)C2CCCN(c3ccccc3)C2)cs1. The molecule has 0 radical (unpaired) electrons. The molecule has 1 atom stereocenters. The second-order valence-electron chi connectivity index (χ2n) is 6.32. The highest BCUT2D eigenvalue weighted by Gasteiger charge is 2.23. The number of carbonyl (C=O) groups is 1. The molecule has 0 aliphatic carbocycles. The lowest BCUT2D eigenvalue weighted by Crippen LogP contribution is -2.46. The van der Waals surface area contributed by atoms with Crippen molar-refractivity contribution in [3.8, 4) is 0 Å². The van der Waals surface area contributed by atoms with Crippen LogP contribution in [0.2, 0.25) is 0 Å². The molecule has 1 aromatic heterocycles. The van der Waals surface area contributed by atoms with Crippen LogP contribution in [0.3, 0.4) is 0 Å². The van der Waals surface area contributed by atoms with Crippen LogP contribution in [-0.4, -0.2) is 42.0 Å². The van der Waals surface area contributed by atoms with E-state index >= 15 is 0 Å². The minimum atomic E-state index is -0.0740. The molecular weight excluding hydrogens is 320 g/mol. The Morgan fingerprint density at radius 3 is 2.96 bits per heavy atom. The number of carbonyl (C=O) groups excluding carboxylic acids is 1. The maximum Gasteiger partial charge on any atom is 0.223 e. The average Bonchev–Trinajstić information content (AvgIpc) is 3.02. The Bertz CT molecular complexity index is 673. The van der Waals surface area contributed by atoms with Crippen molar-refractivity contribution in [1.82, 2.24) is 9.88 Å². The molecule has 1 unspecified atom stereocenters. The van der Waals surface area contributed by atoms with Crippen LogP contribution < -0.4 is 10.2 Å². The van der Waals surface area contributed by atoms with Crippen molar-refractivity contribution in [1.29, 1.82) is 0 Å². The number of thiazole rings is 1. The topological polar surface area (TPSA) is 48.5 Å². The minimum absolute atomic E-state index is 0.0740. The molecule has 6 heteroatoms. The molecule has 1 amide bonds. The fourth-order valence-electron chi connectivity index (χ4n) is 3.16. The first-order valence-electron chi connectivity index (χ1n) is 8.34. The molecule has 2 aromatic rings. The highest BCUT2D eigenvalue weighted by Crippen LogP contribution is 2.23. The van der Waals surface area contributed by atoms with E-state index in [1.165, 1.54) is 36.8 Å². The first kappa shape index (κ1) is 16.9. The number of anilines is 2. The second kappa shape index (κ2) is 7.77. The van der Waals surface area contributed by atoms with Crippen molar-refractivity contribution in [3.63, 3.8) is 0 Å². The predicted octanol–water partition coefficient (Wildman–Crippen LogP) is 3.20. The number of nitrogens with one attached hydrogen (secondary N) is 1. The molecule has 0 saturated carbocycles. The molecular formula is C18H24N4OS. The van der Waals surface area contributed by atoms with Crippen LogP contribution in [0.1, 0.15) is 25.5 Å². The fourth-order valence-corrected chi connectivity index (χ4v) is 3.91. The van der Waals surface area contributed by atoms with Gasteiger partial charge in [-0.3, -0.25) is 9.69 Å². The maximum absolute atomic E-state index is 11.1. The lowest BCUT2D eigenvalue weighted by Gasteiger charge is -2.38. The van der Waals surface area contributed by atoms with Crippen molar-refractivity contribution in [2.75, 3.05) is 30.4 Å². The van der Waals surface area contributed by atoms with Gasteiger partial charge in [-0.25, -0.2) is 4.98 Å². The van der Waals surface area contributed by atoms with Gasteiger partial charge in [-0.1, -0.05) is 18.2 Å². The summed E-state index contributed by atoms with van der Waals surface area (Å²) >= 11 is 1.48. The van der Waals surface area contributed by atoms with Crippen LogP contribution >= 0.6 is 11.3 Å². The Labute approximate surface area is 147 Å². The van der Waals surface area contributed by atoms with E-state index < -0.39 is 0 Å². The zero-order valence-electron chi connectivity index (χ0n) is 14.2. The van der Waals surface area contributed by atoms with E-state index in [9.17, 15) is 4.79 Å². The Kier molecular flexibility index (Phi) is 5.48. The van der Waals surface area contributed by atoms with Crippen LogP contribution in [0.15, 0.2) is 35.7 Å². The minimum Gasteiger partial charge on any atom is -0.370 e. The molecule has 1 aliphatic heterocycles. The van der Waals surface area contributed by atoms with Crippen molar-refractivity contribution in [3.05, 3.63) is 41.4 Å². The number of rotatable bonds is 5. The number of para-hydroxylation sites is 1. The van der Waals surface area contributed by atoms with Gasteiger partial charge in [0.15, 0.2) is 5.13 Å². The zero-order chi connectivity index (χ0) is 16.9. The summed E-state index contributed by atoms with van der Waals surface area (Å²) in [7, 11) is 2.16. The van der Waals surface area contributed by atoms with Crippen molar-refractivity contribution in [2.24, 2.45) is 0 Å². The molecule has 1 fully saturated rings. The number of amides is 1. The van der Waals surface area contributed by atoms with Gasteiger partial charge < -0.3 is 10.2 Å². The molecule has 2 heterocycles. The predicted molar refractivity (Wildman–Crippen MR) is 99.6 cm³/mol. The van der Waals surface area contributed by atoms with Gasteiger partial charge >= 0.3 is 0 Å². The van der Waals surface area contributed by atoms with Gasteiger partial charge in [-0.2, -0.15) is 0 Å². The third kappa shape index (κ3) is 4.33. The first-order chi connectivity index (χ1) is 11.6. The molecule has 5 nitrogen and oxygen atoms in total. The average molecular weight is 344 g/mol. The van der Waals surface area contributed by atoms with Crippen LogP contribution in [0, 0.1) is 0 Å². The summed E-state index contributed by atoms with van der Waals surface area (Å²) in [5.41, 5.74) is 2.32. The van der Waals surface area contributed by atoms with E-state index in [1.807, 2.05) is 5.38 Å². The highest BCUT2D eigenvalue weighted by atomic mass is 32.1. The summed E-state index contributed by atoms with van der Waals surface area (Å²) in [5.74, 6) is -0.0740. The number of benzene rings is 1. The van der Waals surface area contributed by atoms with E-state index in [0.717, 1.165) is 25.3 Å². The standard InChI is InChI=1S/C18H24N4OS/c1-14(23)19-18-20-15(13-24-18)11-21(2)17-9-6-10-22(12-17)16-7-4-3-5-8-16/h3-5,7-8,13,17H,6,9-12H2,1-2H3,(H,19,20,23).